The van der Waals surface area contributed by atoms with E-state index < -0.39 is 21.7 Å². The standard InChI is InChI=1S/C19H27F2N3O4S/c1-3-22(4-2)18(25)6-5-7-19(26)23-10-12-24(13-11-23)29(27,28)15-8-9-16(20)17(21)14-15/h8-9,14H,3-7,10-13H2,1-2H3. The van der Waals surface area contributed by atoms with Crippen molar-refractivity contribution in [1.82, 2.24) is 14.1 Å². The molecule has 0 unspecified atom stereocenters. The lowest BCUT2D eigenvalue weighted by Gasteiger charge is -2.34. The number of nitrogens with zero attached hydrogens (tertiary/aromatic N) is 3. The molecule has 0 radical (unpaired) electrons. The number of amides is 2. The van der Waals surface area contributed by atoms with Crippen molar-refractivity contribution >= 4 is 21.8 Å². The van der Waals surface area contributed by atoms with Crippen LogP contribution in [0.5, 0.6) is 0 Å². The average molecular weight is 432 g/mol. The number of sulfonamides is 1. The minimum Gasteiger partial charge on any atom is -0.343 e. The fraction of sp³-hybridized carbons (Fsp3) is 0.579. The lowest BCUT2D eigenvalue weighted by atomic mass is 10.2. The molecule has 0 saturated carbocycles. The first kappa shape index (κ1) is 23.2. The van der Waals surface area contributed by atoms with Crippen LogP contribution in [0.15, 0.2) is 23.1 Å². The molecule has 1 fully saturated rings. The van der Waals surface area contributed by atoms with E-state index in [9.17, 15) is 26.8 Å². The maximum absolute atomic E-state index is 13.4. The number of piperazine rings is 1. The summed E-state index contributed by atoms with van der Waals surface area (Å²) in [5.74, 6) is -2.44. The Labute approximate surface area is 170 Å². The lowest BCUT2D eigenvalue weighted by Crippen LogP contribution is -2.50. The molecular weight excluding hydrogens is 404 g/mol. The topological polar surface area (TPSA) is 78.0 Å². The molecule has 0 atom stereocenters. The summed E-state index contributed by atoms with van der Waals surface area (Å²) in [4.78, 5) is 27.3. The Morgan fingerprint density at radius 2 is 1.62 bits per heavy atom. The highest BCUT2D eigenvalue weighted by Crippen LogP contribution is 2.20. The zero-order chi connectivity index (χ0) is 21.6. The molecule has 7 nitrogen and oxygen atoms in total. The molecule has 0 aliphatic carbocycles. The smallest absolute Gasteiger partial charge is 0.243 e. The number of carbonyl (C=O) groups excluding carboxylic acids is 2. The van der Waals surface area contributed by atoms with Crippen molar-refractivity contribution in [3.63, 3.8) is 0 Å². The first-order valence-electron chi connectivity index (χ1n) is 9.71. The van der Waals surface area contributed by atoms with Gasteiger partial charge in [-0.05, 0) is 38.5 Å². The van der Waals surface area contributed by atoms with E-state index in [1.165, 1.54) is 0 Å². The number of hydrogen-bond acceptors (Lipinski definition) is 4. The van der Waals surface area contributed by atoms with Crippen LogP contribution in [0.2, 0.25) is 0 Å². The van der Waals surface area contributed by atoms with Crippen molar-refractivity contribution in [3.8, 4) is 0 Å². The summed E-state index contributed by atoms with van der Waals surface area (Å²) in [5, 5.41) is 0. The quantitative estimate of drug-likeness (QED) is 0.629. The second kappa shape index (κ2) is 10.1. The first-order chi connectivity index (χ1) is 13.7. The summed E-state index contributed by atoms with van der Waals surface area (Å²) >= 11 is 0. The molecule has 1 aromatic rings. The molecular formula is C19H27F2N3O4S. The molecule has 10 heteroatoms. The fourth-order valence-corrected chi connectivity index (χ4v) is 4.68. The molecule has 1 aliphatic rings. The van der Waals surface area contributed by atoms with Gasteiger partial charge in [0.25, 0.3) is 0 Å². The van der Waals surface area contributed by atoms with Crippen LogP contribution in [0.4, 0.5) is 8.78 Å². The number of halogens is 2. The maximum Gasteiger partial charge on any atom is 0.243 e. The first-order valence-corrected chi connectivity index (χ1v) is 11.2. The monoisotopic (exact) mass is 431 g/mol. The number of benzene rings is 1. The van der Waals surface area contributed by atoms with Gasteiger partial charge in [-0.1, -0.05) is 0 Å². The van der Waals surface area contributed by atoms with Crippen LogP contribution in [0.1, 0.15) is 33.1 Å². The SMILES string of the molecule is CCN(CC)C(=O)CCCC(=O)N1CCN(S(=O)(=O)c2ccc(F)c(F)c2)CC1. The molecule has 1 aliphatic heterocycles. The third-order valence-corrected chi connectivity index (χ3v) is 6.91. The van der Waals surface area contributed by atoms with Crippen LogP contribution in [0.25, 0.3) is 0 Å². The molecule has 1 saturated heterocycles. The number of hydrogen-bond donors (Lipinski definition) is 0. The molecule has 29 heavy (non-hydrogen) atoms. The predicted molar refractivity (Wildman–Crippen MR) is 103 cm³/mol. The zero-order valence-electron chi connectivity index (χ0n) is 16.7. The van der Waals surface area contributed by atoms with Gasteiger partial charge in [-0.2, -0.15) is 4.31 Å². The molecule has 0 bridgehead atoms. The fourth-order valence-electron chi connectivity index (χ4n) is 3.25. The van der Waals surface area contributed by atoms with Crippen LogP contribution in [-0.4, -0.2) is 73.6 Å². The van der Waals surface area contributed by atoms with Gasteiger partial charge in [0.1, 0.15) is 0 Å². The van der Waals surface area contributed by atoms with Crippen molar-refractivity contribution in [2.45, 2.75) is 38.0 Å². The van der Waals surface area contributed by atoms with E-state index in [4.69, 9.17) is 0 Å². The third kappa shape index (κ3) is 5.72. The third-order valence-electron chi connectivity index (χ3n) is 5.02. The number of carbonyl (C=O) groups is 2. The Hall–Kier alpha value is -2.07. The molecule has 2 amide bonds. The second-order valence-electron chi connectivity index (χ2n) is 6.78. The largest absolute Gasteiger partial charge is 0.343 e. The minimum absolute atomic E-state index is 0.0187. The Morgan fingerprint density at radius 3 is 2.17 bits per heavy atom. The van der Waals surface area contributed by atoms with Gasteiger partial charge in [0.05, 0.1) is 4.90 Å². The molecule has 0 aromatic heterocycles. The highest BCUT2D eigenvalue weighted by molar-refractivity contribution is 7.89. The zero-order valence-corrected chi connectivity index (χ0v) is 17.6. The average Bonchev–Trinajstić information content (AvgIpc) is 2.71. The summed E-state index contributed by atoms with van der Waals surface area (Å²) in [6.45, 7) is 5.66. The van der Waals surface area contributed by atoms with Gasteiger partial charge in [0, 0.05) is 52.1 Å². The molecule has 0 N–H and O–H groups in total. The summed E-state index contributed by atoms with van der Waals surface area (Å²) < 4.78 is 52.8. The predicted octanol–water partition coefficient (Wildman–Crippen LogP) is 1.84. The van der Waals surface area contributed by atoms with E-state index in [1.54, 1.807) is 9.80 Å². The van der Waals surface area contributed by atoms with Crippen molar-refractivity contribution in [1.29, 1.82) is 0 Å². The summed E-state index contributed by atoms with van der Waals surface area (Å²) in [5.41, 5.74) is 0. The van der Waals surface area contributed by atoms with Crippen LogP contribution >= 0.6 is 0 Å². The Balaban J connectivity index is 1.85. The van der Waals surface area contributed by atoms with E-state index in [0.29, 0.717) is 32.0 Å². The van der Waals surface area contributed by atoms with Crippen molar-refractivity contribution in [2.24, 2.45) is 0 Å². The molecule has 0 spiro atoms. The van der Waals surface area contributed by atoms with E-state index in [-0.39, 0.29) is 49.3 Å². The minimum atomic E-state index is -3.96. The molecule has 1 aromatic carbocycles. The van der Waals surface area contributed by atoms with Crippen molar-refractivity contribution in [2.75, 3.05) is 39.3 Å². The highest BCUT2D eigenvalue weighted by Gasteiger charge is 2.30. The Kier molecular flexibility index (Phi) is 8.09. The van der Waals surface area contributed by atoms with Gasteiger partial charge < -0.3 is 9.80 Å². The Morgan fingerprint density at radius 1 is 1.00 bits per heavy atom. The van der Waals surface area contributed by atoms with Gasteiger partial charge >= 0.3 is 0 Å². The van der Waals surface area contributed by atoms with Crippen LogP contribution in [0, 0.1) is 11.6 Å². The van der Waals surface area contributed by atoms with Crippen LogP contribution in [0.3, 0.4) is 0 Å². The highest BCUT2D eigenvalue weighted by atomic mass is 32.2. The number of rotatable bonds is 8. The maximum atomic E-state index is 13.4. The normalized spacial score (nSPS) is 15.4. The van der Waals surface area contributed by atoms with E-state index in [2.05, 4.69) is 0 Å². The van der Waals surface area contributed by atoms with Crippen LogP contribution in [-0.2, 0) is 19.6 Å². The molecule has 2 rings (SSSR count). The molecule has 1 heterocycles. The summed E-state index contributed by atoms with van der Waals surface area (Å²) in [6.07, 6.45) is 0.975. The lowest BCUT2D eigenvalue weighted by molar-refractivity contribution is -0.133. The van der Waals surface area contributed by atoms with Gasteiger partial charge in [0.15, 0.2) is 11.6 Å². The van der Waals surface area contributed by atoms with E-state index >= 15 is 0 Å². The van der Waals surface area contributed by atoms with Gasteiger partial charge in [0.2, 0.25) is 21.8 Å². The van der Waals surface area contributed by atoms with E-state index in [1.807, 2.05) is 13.8 Å². The van der Waals surface area contributed by atoms with Crippen molar-refractivity contribution < 1.29 is 26.8 Å². The van der Waals surface area contributed by atoms with Gasteiger partial charge in [-0.25, -0.2) is 17.2 Å². The van der Waals surface area contributed by atoms with Gasteiger partial charge in [-0.15, -0.1) is 0 Å². The van der Waals surface area contributed by atoms with Gasteiger partial charge in [-0.3, -0.25) is 9.59 Å². The Bertz CT molecular complexity index is 836. The summed E-state index contributed by atoms with van der Waals surface area (Å²) in [7, 11) is -3.96. The van der Waals surface area contributed by atoms with Crippen LogP contribution < -0.4 is 0 Å². The van der Waals surface area contributed by atoms with Crippen molar-refractivity contribution in [3.05, 3.63) is 29.8 Å². The van der Waals surface area contributed by atoms with E-state index in [0.717, 1.165) is 16.4 Å². The summed E-state index contributed by atoms with van der Waals surface area (Å²) in [6, 6.07) is 2.47. The second-order valence-corrected chi connectivity index (χ2v) is 8.72. The molecule has 162 valence electrons.